The lowest BCUT2D eigenvalue weighted by molar-refractivity contribution is -0.120. The van der Waals surface area contributed by atoms with Crippen molar-refractivity contribution in [2.24, 2.45) is 5.92 Å². The van der Waals surface area contributed by atoms with Crippen LogP contribution >= 0.6 is 0 Å². The first-order chi connectivity index (χ1) is 15.2. The number of anilines is 2. The number of para-hydroxylation sites is 1. The van der Waals surface area contributed by atoms with Crippen LogP contribution in [0, 0.1) is 5.92 Å². The van der Waals surface area contributed by atoms with Gasteiger partial charge in [0.15, 0.2) is 5.78 Å². The number of nitrogens with one attached hydrogen (secondary N) is 2. The highest BCUT2D eigenvalue weighted by Gasteiger charge is 2.28. The first-order valence-corrected chi connectivity index (χ1v) is 11.1. The lowest BCUT2D eigenvalue weighted by Gasteiger charge is -2.21. The number of hydrogen-bond acceptors (Lipinski definition) is 3. The molecule has 3 aromatic rings. The Balaban J connectivity index is 1.35. The highest BCUT2D eigenvalue weighted by molar-refractivity contribution is 6.03. The average Bonchev–Trinajstić information content (AvgIpc) is 3.20. The van der Waals surface area contributed by atoms with Gasteiger partial charge in [-0.25, -0.2) is 0 Å². The molecule has 2 heterocycles. The number of hydrogen-bond donors (Lipinski definition) is 2. The molecule has 1 atom stereocenters. The average molecular weight is 414 g/mol. The van der Waals surface area contributed by atoms with Crippen LogP contribution in [0.3, 0.4) is 0 Å². The van der Waals surface area contributed by atoms with Crippen molar-refractivity contribution in [1.29, 1.82) is 0 Å². The molecular weight excluding hydrogens is 386 g/mol. The number of carbonyl (C=O) groups is 2. The van der Waals surface area contributed by atoms with Gasteiger partial charge in [-0.05, 0) is 60.9 Å². The van der Waals surface area contributed by atoms with E-state index in [-0.39, 0.29) is 17.6 Å². The van der Waals surface area contributed by atoms with E-state index in [9.17, 15) is 9.59 Å². The molecule has 5 heteroatoms. The minimum absolute atomic E-state index is 0.0156. The molecule has 0 spiro atoms. The van der Waals surface area contributed by atoms with Crippen LogP contribution in [0.4, 0.5) is 11.4 Å². The third-order valence-electron chi connectivity index (χ3n) is 6.49. The van der Waals surface area contributed by atoms with Gasteiger partial charge in [0.2, 0.25) is 5.91 Å². The first kappa shape index (κ1) is 19.6. The zero-order chi connectivity index (χ0) is 21.2. The summed E-state index contributed by atoms with van der Waals surface area (Å²) in [7, 11) is 0. The maximum atomic E-state index is 13.4. The second-order valence-corrected chi connectivity index (χ2v) is 8.56. The van der Waals surface area contributed by atoms with Gasteiger partial charge in [-0.2, -0.15) is 0 Å². The van der Waals surface area contributed by atoms with E-state index in [1.165, 1.54) is 6.42 Å². The molecule has 0 saturated heterocycles. The summed E-state index contributed by atoms with van der Waals surface area (Å²) >= 11 is 0. The molecule has 1 unspecified atom stereocenters. The summed E-state index contributed by atoms with van der Waals surface area (Å²) in [6, 6.07) is 18.9. The summed E-state index contributed by atoms with van der Waals surface area (Å²) in [5, 5.41) is 6.47. The largest absolute Gasteiger partial charge is 0.370 e. The normalized spacial score (nSPS) is 18.3. The highest BCUT2D eigenvalue weighted by Crippen LogP contribution is 2.31. The molecule has 1 aliphatic carbocycles. The third-order valence-corrected chi connectivity index (χ3v) is 6.49. The molecule has 1 aliphatic heterocycles. The summed E-state index contributed by atoms with van der Waals surface area (Å²) in [4.78, 5) is 25.9. The Bertz CT molecular complexity index is 1090. The Hall–Kier alpha value is -3.34. The van der Waals surface area contributed by atoms with Crippen LogP contribution in [0.2, 0.25) is 0 Å². The van der Waals surface area contributed by atoms with Crippen molar-refractivity contribution in [3.63, 3.8) is 0 Å². The van der Waals surface area contributed by atoms with Gasteiger partial charge in [0, 0.05) is 41.3 Å². The number of rotatable bonds is 4. The number of ketones is 1. The zero-order valence-electron chi connectivity index (χ0n) is 17.5. The van der Waals surface area contributed by atoms with E-state index in [1.54, 1.807) is 0 Å². The molecule has 31 heavy (non-hydrogen) atoms. The van der Waals surface area contributed by atoms with Gasteiger partial charge in [0.05, 0.1) is 0 Å². The first-order valence-electron chi connectivity index (χ1n) is 11.1. The quantitative estimate of drug-likeness (QED) is 0.563. The van der Waals surface area contributed by atoms with Crippen molar-refractivity contribution >= 4 is 23.1 Å². The Labute approximate surface area is 182 Å². The highest BCUT2D eigenvalue weighted by atomic mass is 16.2. The SMILES string of the molecule is O=C(Nc1ccc(C(=O)C2Nc3ccccc3Cn3cccc32)cc1)C1CCCCC1. The number of aromatic nitrogens is 1. The second kappa shape index (κ2) is 8.42. The zero-order valence-corrected chi connectivity index (χ0v) is 17.5. The topological polar surface area (TPSA) is 63.1 Å². The predicted octanol–water partition coefficient (Wildman–Crippen LogP) is 5.40. The van der Waals surface area contributed by atoms with Crippen molar-refractivity contribution in [1.82, 2.24) is 4.57 Å². The number of fused-ring (bicyclic) bond motifs is 2. The van der Waals surface area contributed by atoms with Crippen molar-refractivity contribution in [3.05, 3.63) is 83.7 Å². The van der Waals surface area contributed by atoms with Gasteiger partial charge < -0.3 is 15.2 Å². The third kappa shape index (κ3) is 4.00. The van der Waals surface area contributed by atoms with E-state index in [2.05, 4.69) is 21.3 Å². The molecule has 1 fully saturated rings. The van der Waals surface area contributed by atoms with E-state index in [0.717, 1.165) is 54.9 Å². The molecule has 5 rings (SSSR count). The Morgan fingerprint density at radius 1 is 0.903 bits per heavy atom. The van der Waals surface area contributed by atoms with Gasteiger partial charge in [0.25, 0.3) is 0 Å². The fraction of sp³-hybridized carbons (Fsp3) is 0.308. The van der Waals surface area contributed by atoms with Gasteiger partial charge in [-0.15, -0.1) is 0 Å². The van der Waals surface area contributed by atoms with Crippen LogP contribution in [0.25, 0.3) is 0 Å². The second-order valence-electron chi connectivity index (χ2n) is 8.56. The van der Waals surface area contributed by atoms with Crippen LogP contribution in [-0.2, 0) is 11.3 Å². The number of Topliss-reactive ketones (excluding diaryl/α,β-unsaturated/α-hetero) is 1. The number of nitrogens with zero attached hydrogens (tertiary/aromatic N) is 1. The van der Waals surface area contributed by atoms with Crippen molar-refractivity contribution in [3.8, 4) is 0 Å². The molecule has 0 bridgehead atoms. The summed E-state index contributed by atoms with van der Waals surface area (Å²) in [6.07, 6.45) is 7.44. The number of benzene rings is 2. The van der Waals surface area contributed by atoms with Gasteiger partial charge in [0.1, 0.15) is 6.04 Å². The van der Waals surface area contributed by atoms with Gasteiger partial charge >= 0.3 is 0 Å². The molecule has 5 nitrogen and oxygen atoms in total. The van der Waals surface area contributed by atoms with E-state index >= 15 is 0 Å². The summed E-state index contributed by atoms with van der Waals surface area (Å²) in [5.74, 6) is 0.221. The van der Waals surface area contributed by atoms with Gasteiger partial charge in [-0.1, -0.05) is 37.5 Å². The molecular formula is C26H27N3O2. The number of amides is 1. The Morgan fingerprint density at radius 3 is 2.48 bits per heavy atom. The Morgan fingerprint density at radius 2 is 1.68 bits per heavy atom. The predicted molar refractivity (Wildman–Crippen MR) is 122 cm³/mol. The van der Waals surface area contributed by atoms with Gasteiger partial charge in [-0.3, -0.25) is 9.59 Å². The minimum atomic E-state index is -0.457. The molecule has 2 N–H and O–H groups in total. The fourth-order valence-corrected chi connectivity index (χ4v) is 4.74. The van der Waals surface area contributed by atoms with Crippen LogP contribution in [0.5, 0.6) is 0 Å². The van der Waals surface area contributed by atoms with Crippen LogP contribution in [-0.4, -0.2) is 16.3 Å². The monoisotopic (exact) mass is 413 g/mol. The molecule has 2 aliphatic rings. The Kier molecular flexibility index (Phi) is 5.33. The summed E-state index contributed by atoms with van der Waals surface area (Å²) in [6.45, 7) is 0.738. The van der Waals surface area contributed by atoms with E-state index in [1.807, 2.05) is 60.8 Å². The summed E-state index contributed by atoms with van der Waals surface area (Å²) in [5.41, 5.74) is 4.47. The molecule has 0 radical (unpaired) electrons. The lowest BCUT2D eigenvalue weighted by atomic mass is 9.88. The molecule has 1 amide bonds. The number of carbonyl (C=O) groups excluding carboxylic acids is 2. The van der Waals surface area contributed by atoms with Crippen LogP contribution < -0.4 is 10.6 Å². The van der Waals surface area contributed by atoms with E-state index in [0.29, 0.717) is 5.56 Å². The van der Waals surface area contributed by atoms with Crippen molar-refractivity contribution in [2.75, 3.05) is 10.6 Å². The maximum absolute atomic E-state index is 13.4. The van der Waals surface area contributed by atoms with Crippen LogP contribution in [0.15, 0.2) is 66.9 Å². The smallest absolute Gasteiger partial charge is 0.227 e. The minimum Gasteiger partial charge on any atom is -0.370 e. The standard InChI is InChI=1S/C26H27N3O2/c30-25(18-12-14-21(15-13-18)27-26(31)19-7-2-1-3-8-19)24-23-11-6-16-29(23)17-20-9-4-5-10-22(20)28-24/h4-6,9-16,19,24,28H,1-3,7-8,17H2,(H,27,31). The molecule has 2 aromatic carbocycles. The van der Waals surface area contributed by atoms with E-state index < -0.39 is 6.04 Å². The fourth-order valence-electron chi connectivity index (χ4n) is 4.74. The van der Waals surface area contributed by atoms with Crippen LogP contribution in [0.1, 0.15) is 59.8 Å². The molecule has 1 saturated carbocycles. The maximum Gasteiger partial charge on any atom is 0.227 e. The molecule has 158 valence electrons. The van der Waals surface area contributed by atoms with E-state index in [4.69, 9.17) is 0 Å². The molecule has 1 aromatic heterocycles. The van der Waals surface area contributed by atoms with Crippen molar-refractivity contribution in [2.45, 2.75) is 44.7 Å². The lowest BCUT2D eigenvalue weighted by Crippen LogP contribution is -2.25. The summed E-state index contributed by atoms with van der Waals surface area (Å²) < 4.78 is 2.13. The van der Waals surface area contributed by atoms with Crippen molar-refractivity contribution < 1.29 is 9.59 Å².